The smallest absolute Gasteiger partial charge is 0.237 e. The SMILES string of the molecule is COc1nccnc1C(NN)C(C)(C)c1ccc(F)cc1. The van der Waals surface area contributed by atoms with Crippen molar-refractivity contribution in [2.75, 3.05) is 7.11 Å². The minimum absolute atomic E-state index is 0.274. The van der Waals surface area contributed by atoms with Crippen LogP contribution in [0.2, 0.25) is 0 Å². The second-order valence-electron chi connectivity index (χ2n) is 5.28. The summed E-state index contributed by atoms with van der Waals surface area (Å²) >= 11 is 0. The summed E-state index contributed by atoms with van der Waals surface area (Å²) in [6.45, 7) is 4.00. The van der Waals surface area contributed by atoms with E-state index in [9.17, 15) is 4.39 Å². The van der Waals surface area contributed by atoms with E-state index in [0.29, 0.717) is 11.6 Å². The number of halogens is 1. The molecule has 0 aliphatic rings. The van der Waals surface area contributed by atoms with Gasteiger partial charge in [0.25, 0.3) is 0 Å². The van der Waals surface area contributed by atoms with Crippen molar-refractivity contribution in [2.24, 2.45) is 5.84 Å². The maximum Gasteiger partial charge on any atom is 0.237 e. The number of hydrogen-bond donors (Lipinski definition) is 2. The van der Waals surface area contributed by atoms with Crippen molar-refractivity contribution in [3.8, 4) is 5.88 Å². The second-order valence-corrected chi connectivity index (χ2v) is 5.28. The van der Waals surface area contributed by atoms with Gasteiger partial charge in [-0.3, -0.25) is 16.3 Å². The predicted molar refractivity (Wildman–Crippen MR) is 78.1 cm³/mol. The summed E-state index contributed by atoms with van der Waals surface area (Å²) in [7, 11) is 1.53. The van der Waals surface area contributed by atoms with Crippen molar-refractivity contribution in [1.82, 2.24) is 15.4 Å². The molecule has 3 N–H and O–H groups in total. The van der Waals surface area contributed by atoms with E-state index in [-0.39, 0.29) is 11.9 Å². The summed E-state index contributed by atoms with van der Waals surface area (Å²) in [6.07, 6.45) is 3.14. The summed E-state index contributed by atoms with van der Waals surface area (Å²) in [4.78, 5) is 8.47. The average Bonchev–Trinajstić information content (AvgIpc) is 2.48. The van der Waals surface area contributed by atoms with Crippen molar-refractivity contribution >= 4 is 0 Å². The number of rotatable bonds is 5. The Morgan fingerprint density at radius 3 is 2.38 bits per heavy atom. The van der Waals surface area contributed by atoms with Gasteiger partial charge in [-0.25, -0.2) is 9.37 Å². The lowest BCUT2D eigenvalue weighted by Gasteiger charge is -2.34. The molecule has 0 amide bonds. The number of hydrazine groups is 1. The lowest BCUT2D eigenvalue weighted by molar-refractivity contribution is 0.319. The maximum absolute atomic E-state index is 13.1. The van der Waals surface area contributed by atoms with Crippen LogP contribution in [-0.4, -0.2) is 17.1 Å². The Morgan fingerprint density at radius 1 is 1.19 bits per heavy atom. The lowest BCUT2D eigenvalue weighted by atomic mass is 9.76. The predicted octanol–water partition coefficient (Wildman–Crippen LogP) is 2.11. The van der Waals surface area contributed by atoms with Gasteiger partial charge in [0.15, 0.2) is 0 Å². The van der Waals surface area contributed by atoms with Crippen LogP contribution in [0.25, 0.3) is 0 Å². The molecular formula is C15H19FN4O. The number of nitrogens with one attached hydrogen (secondary N) is 1. The molecule has 1 heterocycles. The van der Waals surface area contributed by atoms with Gasteiger partial charge >= 0.3 is 0 Å². The molecule has 0 aliphatic carbocycles. The summed E-state index contributed by atoms with van der Waals surface area (Å²) in [5.41, 5.74) is 3.87. The number of nitrogens with zero attached hydrogens (tertiary/aromatic N) is 2. The molecule has 1 aromatic heterocycles. The molecule has 2 rings (SSSR count). The third-order valence-corrected chi connectivity index (χ3v) is 3.63. The topological polar surface area (TPSA) is 73.1 Å². The van der Waals surface area contributed by atoms with Gasteiger partial charge in [0.1, 0.15) is 11.5 Å². The molecule has 0 saturated carbocycles. The zero-order valence-corrected chi connectivity index (χ0v) is 12.3. The zero-order valence-electron chi connectivity index (χ0n) is 12.3. The summed E-state index contributed by atoms with van der Waals surface area (Å²) in [6, 6.07) is 5.99. The maximum atomic E-state index is 13.1. The number of benzene rings is 1. The van der Waals surface area contributed by atoms with Gasteiger partial charge in [0.05, 0.1) is 13.2 Å². The van der Waals surface area contributed by atoms with Gasteiger partial charge in [0.2, 0.25) is 5.88 Å². The Bertz CT molecular complexity index is 601. The van der Waals surface area contributed by atoms with Crippen LogP contribution < -0.4 is 16.0 Å². The lowest BCUT2D eigenvalue weighted by Crippen LogP contribution is -2.41. The van der Waals surface area contributed by atoms with Crippen LogP contribution in [0, 0.1) is 5.82 Å². The van der Waals surface area contributed by atoms with Gasteiger partial charge in [-0.2, -0.15) is 0 Å². The van der Waals surface area contributed by atoms with E-state index in [0.717, 1.165) is 5.56 Å². The highest BCUT2D eigenvalue weighted by atomic mass is 19.1. The van der Waals surface area contributed by atoms with E-state index in [4.69, 9.17) is 10.6 Å². The van der Waals surface area contributed by atoms with E-state index in [1.165, 1.54) is 19.2 Å². The van der Waals surface area contributed by atoms with Gasteiger partial charge < -0.3 is 4.74 Å². The van der Waals surface area contributed by atoms with Crippen LogP contribution >= 0.6 is 0 Å². The van der Waals surface area contributed by atoms with Crippen LogP contribution in [0.3, 0.4) is 0 Å². The highest BCUT2D eigenvalue weighted by molar-refractivity contribution is 5.32. The molecule has 0 saturated heterocycles. The molecule has 5 nitrogen and oxygen atoms in total. The standard InChI is InChI=1S/C15H19FN4O/c1-15(2,10-4-6-11(16)7-5-10)13(20-17)12-14(21-3)19-9-8-18-12/h4-9,13,20H,17H2,1-3H3. The Hall–Kier alpha value is -2.05. The highest BCUT2D eigenvalue weighted by Gasteiger charge is 2.35. The first-order valence-corrected chi connectivity index (χ1v) is 6.57. The molecule has 1 atom stereocenters. The third kappa shape index (κ3) is 3.01. The van der Waals surface area contributed by atoms with E-state index in [1.807, 2.05) is 13.8 Å². The first-order valence-electron chi connectivity index (χ1n) is 6.57. The fourth-order valence-corrected chi connectivity index (χ4v) is 2.37. The molecule has 6 heteroatoms. The zero-order chi connectivity index (χ0) is 15.5. The van der Waals surface area contributed by atoms with Crippen LogP contribution in [0.15, 0.2) is 36.7 Å². The molecule has 2 aromatic rings. The van der Waals surface area contributed by atoms with Crippen LogP contribution in [-0.2, 0) is 5.41 Å². The fourth-order valence-electron chi connectivity index (χ4n) is 2.37. The Labute approximate surface area is 123 Å². The minimum atomic E-state index is -0.439. The largest absolute Gasteiger partial charge is 0.480 e. The number of nitrogens with two attached hydrogens (primary N) is 1. The first kappa shape index (κ1) is 15.3. The number of methoxy groups -OCH3 is 1. The van der Waals surface area contributed by atoms with Crippen LogP contribution in [0.4, 0.5) is 4.39 Å². The van der Waals surface area contributed by atoms with Crippen molar-refractivity contribution in [3.63, 3.8) is 0 Å². The van der Waals surface area contributed by atoms with Crippen LogP contribution in [0.1, 0.15) is 31.1 Å². The van der Waals surface area contributed by atoms with E-state index in [2.05, 4.69) is 15.4 Å². The molecular weight excluding hydrogens is 271 g/mol. The van der Waals surface area contributed by atoms with Crippen LogP contribution in [0.5, 0.6) is 5.88 Å². The van der Waals surface area contributed by atoms with Gasteiger partial charge in [-0.05, 0) is 17.7 Å². The second kappa shape index (κ2) is 6.15. The molecule has 0 aliphatic heterocycles. The molecule has 21 heavy (non-hydrogen) atoms. The summed E-state index contributed by atoms with van der Waals surface area (Å²) in [5.74, 6) is 5.87. The Kier molecular flexibility index (Phi) is 4.50. The Balaban J connectivity index is 2.46. The Morgan fingerprint density at radius 2 is 1.81 bits per heavy atom. The van der Waals surface area contributed by atoms with E-state index < -0.39 is 5.41 Å². The third-order valence-electron chi connectivity index (χ3n) is 3.63. The number of ether oxygens (including phenoxy) is 1. The quantitative estimate of drug-likeness (QED) is 0.652. The van der Waals surface area contributed by atoms with Gasteiger partial charge in [-0.1, -0.05) is 26.0 Å². The molecule has 1 aromatic carbocycles. The summed E-state index contributed by atoms with van der Waals surface area (Å²) in [5, 5.41) is 0. The van der Waals surface area contributed by atoms with E-state index in [1.54, 1.807) is 24.5 Å². The molecule has 0 spiro atoms. The van der Waals surface area contributed by atoms with Crippen molar-refractivity contribution in [2.45, 2.75) is 25.3 Å². The van der Waals surface area contributed by atoms with Crippen molar-refractivity contribution < 1.29 is 9.13 Å². The van der Waals surface area contributed by atoms with E-state index >= 15 is 0 Å². The fraction of sp³-hybridized carbons (Fsp3) is 0.333. The van der Waals surface area contributed by atoms with Crippen molar-refractivity contribution in [1.29, 1.82) is 0 Å². The van der Waals surface area contributed by atoms with Gasteiger partial charge in [0, 0.05) is 17.8 Å². The normalized spacial score (nSPS) is 13.0. The molecule has 0 bridgehead atoms. The van der Waals surface area contributed by atoms with Gasteiger partial charge in [-0.15, -0.1) is 0 Å². The number of hydrogen-bond acceptors (Lipinski definition) is 5. The number of aromatic nitrogens is 2. The molecule has 112 valence electrons. The van der Waals surface area contributed by atoms with Crippen molar-refractivity contribution in [3.05, 3.63) is 53.7 Å². The molecule has 1 unspecified atom stereocenters. The highest BCUT2D eigenvalue weighted by Crippen LogP contribution is 2.38. The average molecular weight is 290 g/mol. The molecule has 0 radical (unpaired) electrons. The monoisotopic (exact) mass is 290 g/mol. The minimum Gasteiger partial charge on any atom is -0.480 e. The first-order chi connectivity index (χ1) is 10.0. The molecule has 0 fully saturated rings. The summed E-state index contributed by atoms with van der Waals surface area (Å²) < 4.78 is 18.4.